The largest absolute Gasteiger partial charge is 0.388 e. The summed E-state index contributed by atoms with van der Waals surface area (Å²) in [6.07, 6.45) is 3.67. The molecule has 0 saturated heterocycles. The third-order valence-corrected chi connectivity index (χ3v) is 1.96. The van der Waals surface area contributed by atoms with Crippen LogP contribution in [-0.4, -0.2) is 32.7 Å². The fourth-order valence-electron chi connectivity index (χ4n) is 0.943. The fourth-order valence-corrected chi connectivity index (χ4v) is 1.15. The Labute approximate surface area is 84.5 Å². The molecule has 0 spiro atoms. The summed E-state index contributed by atoms with van der Waals surface area (Å²) in [6, 6.07) is 0. The molecule has 0 fully saturated rings. The molecular formula is C9H18ClFN2. The number of unbranched alkanes of at least 4 members (excludes halogenated alkanes) is 1. The molecule has 2 nitrogen and oxygen atoms in total. The average Bonchev–Trinajstić information content (AvgIpc) is 2.16. The number of rotatable bonds is 8. The van der Waals surface area contributed by atoms with Crippen LogP contribution < -0.4 is 10.6 Å². The van der Waals surface area contributed by atoms with E-state index in [0.717, 1.165) is 31.6 Å². The molecule has 13 heavy (non-hydrogen) atoms. The Kier molecular flexibility index (Phi) is 9.59. The maximum atomic E-state index is 11.9. The minimum atomic E-state index is -0.453. The van der Waals surface area contributed by atoms with Crippen molar-refractivity contribution in [1.29, 1.82) is 0 Å². The molecule has 78 valence electrons. The number of hydrogen-bond acceptors (Lipinski definition) is 2. The molecule has 0 aliphatic rings. The number of halogens is 2. The highest BCUT2D eigenvalue weighted by Gasteiger charge is 1.93. The molecule has 0 unspecified atom stereocenters. The van der Waals surface area contributed by atoms with Gasteiger partial charge in [-0.2, -0.15) is 0 Å². The fraction of sp³-hybridized carbons (Fsp3) is 0.778. The third kappa shape index (κ3) is 8.06. The van der Waals surface area contributed by atoms with E-state index in [1.165, 1.54) is 6.08 Å². The summed E-state index contributed by atoms with van der Waals surface area (Å²) in [5, 5.41) is 6.16. The lowest BCUT2D eigenvalue weighted by Gasteiger charge is -2.07. The van der Waals surface area contributed by atoms with Crippen LogP contribution in [-0.2, 0) is 0 Å². The molecule has 0 radical (unpaired) electrons. The molecule has 0 aliphatic heterocycles. The lowest BCUT2D eigenvalue weighted by molar-refractivity contribution is 0.555. The molecule has 0 amide bonds. The number of nitrogens with one attached hydrogen (secondary N) is 2. The van der Waals surface area contributed by atoms with Crippen molar-refractivity contribution in [3.63, 3.8) is 0 Å². The summed E-state index contributed by atoms with van der Waals surface area (Å²) < 4.78 is 11.9. The zero-order valence-corrected chi connectivity index (χ0v) is 8.83. The van der Waals surface area contributed by atoms with Crippen LogP contribution >= 0.6 is 11.6 Å². The minimum Gasteiger partial charge on any atom is -0.388 e. The van der Waals surface area contributed by atoms with Gasteiger partial charge >= 0.3 is 0 Å². The zero-order valence-electron chi connectivity index (χ0n) is 8.08. The van der Waals surface area contributed by atoms with Crippen molar-refractivity contribution >= 4 is 11.6 Å². The van der Waals surface area contributed by atoms with Gasteiger partial charge in [-0.15, -0.1) is 11.6 Å². The van der Waals surface area contributed by atoms with Crippen LogP contribution in [0, 0.1) is 0 Å². The second kappa shape index (κ2) is 9.81. The molecule has 0 rings (SSSR count). The first-order valence-corrected chi connectivity index (χ1v) is 5.08. The van der Waals surface area contributed by atoms with Crippen molar-refractivity contribution in [1.82, 2.24) is 10.6 Å². The Morgan fingerprint density at radius 2 is 2.08 bits per heavy atom. The van der Waals surface area contributed by atoms with Crippen molar-refractivity contribution in [3.05, 3.63) is 11.8 Å². The second-order valence-corrected chi connectivity index (χ2v) is 3.02. The first kappa shape index (κ1) is 12.7. The summed E-state index contributed by atoms with van der Waals surface area (Å²) in [5.41, 5.74) is 0.786. The summed E-state index contributed by atoms with van der Waals surface area (Å²) in [6.45, 7) is 1.43. The van der Waals surface area contributed by atoms with Gasteiger partial charge in [0.1, 0.15) is 6.67 Å². The normalized spacial score (nSPS) is 11.8. The average molecular weight is 209 g/mol. The van der Waals surface area contributed by atoms with E-state index < -0.39 is 6.67 Å². The van der Waals surface area contributed by atoms with E-state index in [4.69, 9.17) is 11.6 Å². The maximum Gasteiger partial charge on any atom is 0.110 e. The molecule has 0 aliphatic carbocycles. The van der Waals surface area contributed by atoms with Gasteiger partial charge in [-0.3, -0.25) is 0 Å². The van der Waals surface area contributed by atoms with E-state index in [-0.39, 0.29) is 0 Å². The van der Waals surface area contributed by atoms with Crippen LogP contribution in [0.1, 0.15) is 12.8 Å². The zero-order chi connectivity index (χ0) is 9.94. The van der Waals surface area contributed by atoms with Crippen molar-refractivity contribution in [2.45, 2.75) is 12.8 Å². The van der Waals surface area contributed by atoms with E-state index in [2.05, 4.69) is 10.6 Å². The number of allylic oxidation sites excluding steroid dienone is 2. The molecule has 0 bridgehead atoms. The molecule has 0 aromatic heterocycles. The Morgan fingerprint density at radius 1 is 1.38 bits per heavy atom. The van der Waals surface area contributed by atoms with Crippen molar-refractivity contribution in [2.75, 3.05) is 32.7 Å². The van der Waals surface area contributed by atoms with E-state index in [1.807, 2.05) is 7.05 Å². The van der Waals surface area contributed by atoms with Gasteiger partial charge in [-0.25, -0.2) is 4.39 Å². The Morgan fingerprint density at radius 3 is 2.62 bits per heavy atom. The molecule has 4 heteroatoms. The van der Waals surface area contributed by atoms with Crippen molar-refractivity contribution in [2.24, 2.45) is 0 Å². The van der Waals surface area contributed by atoms with Crippen LogP contribution in [0.15, 0.2) is 11.8 Å². The van der Waals surface area contributed by atoms with Gasteiger partial charge in [0, 0.05) is 12.2 Å². The highest BCUT2D eigenvalue weighted by molar-refractivity contribution is 6.19. The first-order chi connectivity index (χ1) is 6.35. The standard InChI is InChI=1S/C9H18ClFN2/c1-12-6-2-3-7-13-9(8-10)4-5-11/h4,12-13H,2-3,5-8H2,1H3/b9-4+. The van der Waals surface area contributed by atoms with Crippen molar-refractivity contribution < 1.29 is 4.39 Å². The van der Waals surface area contributed by atoms with Gasteiger partial charge in [0.2, 0.25) is 0 Å². The second-order valence-electron chi connectivity index (χ2n) is 2.75. The van der Waals surface area contributed by atoms with Crippen LogP contribution in [0.3, 0.4) is 0 Å². The molecule has 0 atom stereocenters. The summed E-state index contributed by atoms with van der Waals surface area (Å²) in [5.74, 6) is 0.357. The summed E-state index contributed by atoms with van der Waals surface area (Å²) >= 11 is 5.58. The Hall–Kier alpha value is -0.280. The Balaban J connectivity index is 3.33. The van der Waals surface area contributed by atoms with Gasteiger partial charge in [-0.05, 0) is 32.5 Å². The smallest absolute Gasteiger partial charge is 0.110 e. The maximum absolute atomic E-state index is 11.9. The molecule has 0 saturated carbocycles. The number of alkyl halides is 2. The molecule has 0 heterocycles. The molecular weight excluding hydrogens is 191 g/mol. The predicted octanol–water partition coefficient (Wildman–Crippen LogP) is 1.67. The van der Waals surface area contributed by atoms with Gasteiger partial charge in [0.25, 0.3) is 0 Å². The molecule has 0 aromatic carbocycles. The van der Waals surface area contributed by atoms with Crippen LogP contribution in [0.25, 0.3) is 0 Å². The van der Waals surface area contributed by atoms with Gasteiger partial charge in [0.05, 0.1) is 5.88 Å². The summed E-state index contributed by atoms with van der Waals surface area (Å²) in [4.78, 5) is 0. The van der Waals surface area contributed by atoms with Gasteiger partial charge in [-0.1, -0.05) is 0 Å². The highest BCUT2D eigenvalue weighted by Crippen LogP contribution is 1.94. The third-order valence-electron chi connectivity index (χ3n) is 1.67. The molecule has 2 N–H and O–H groups in total. The quantitative estimate of drug-likeness (QED) is 0.469. The van der Waals surface area contributed by atoms with E-state index in [1.54, 1.807) is 0 Å². The van der Waals surface area contributed by atoms with Gasteiger partial charge < -0.3 is 10.6 Å². The highest BCUT2D eigenvalue weighted by atomic mass is 35.5. The lowest BCUT2D eigenvalue weighted by atomic mass is 10.3. The topological polar surface area (TPSA) is 24.1 Å². The SMILES string of the molecule is CNCCCCN/C(=C/CF)CCl. The lowest BCUT2D eigenvalue weighted by Crippen LogP contribution is -2.17. The first-order valence-electron chi connectivity index (χ1n) is 4.54. The van der Waals surface area contributed by atoms with E-state index in [9.17, 15) is 4.39 Å². The van der Waals surface area contributed by atoms with E-state index in [0.29, 0.717) is 5.88 Å². The predicted molar refractivity (Wildman–Crippen MR) is 55.9 cm³/mol. The molecule has 0 aromatic rings. The monoisotopic (exact) mass is 208 g/mol. The Bertz CT molecular complexity index is 140. The summed E-state index contributed by atoms with van der Waals surface area (Å²) in [7, 11) is 1.93. The van der Waals surface area contributed by atoms with Crippen LogP contribution in [0.2, 0.25) is 0 Å². The van der Waals surface area contributed by atoms with Gasteiger partial charge in [0.15, 0.2) is 0 Å². The van der Waals surface area contributed by atoms with Crippen LogP contribution in [0.5, 0.6) is 0 Å². The van der Waals surface area contributed by atoms with E-state index >= 15 is 0 Å². The number of hydrogen-bond donors (Lipinski definition) is 2. The van der Waals surface area contributed by atoms with Crippen molar-refractivity contribution in [3.8, 4) is 0 Å². The van der Waals surface area contributed by atoms with Crippen LogP contribution in [0.4, 0.5) is 4.39 Å². The minimum absolute atomic E-state index is 0.357.